The summed E-state index contributed by atoms with van der Waals surface area (Å²) in [5, 5.41) is 0. The van der Waals surface area contributed by atoms with Crippen molar-refractivity contribution in [3.05, 3.63) is 35.9 Å². The van der Waals surface area contributed by atoms with E-state index < -0.39 is 0 Å². The Balaban J connectivity index is 2.73. The second kappa shape index (κ2) is 7.94. The molecule has 94 valence electrons. The minimum absolute atomic E-state index is 0.798. The number of ether oxygens (including phenoxy) is 1. The van der Waals surface area contributed by atoms with Gasteiger partial charge in [0.2, 0.25) is 0 Å². The topological polar surface area (TPSA) is 9.23 Å². The average Bonchev–Trinajstić information content (AvgIpc) is 2.37. The quantitative estimate of drug-likeness (QED) is 0.637. The Kier molecular flexibility index (Phi) is 6.46. The van der Waals surface area contributed by atoms with E-state index in [0.29, 0.717) is 0 Å². The summed E-state index contributed by atoms with van der Waals surface area (Å²) >= 11 is 0. The first-order valence-corrected chi connectivity index (χ1v) is 6.74. The van der Waals surface area contributed by atoms with E-state index in [0.717, 1.165) is 31.6 Å². The van der Waals surface area contributed by atoms with Gasteiger partial charge in [-0.25, -0.2) is 0 Å². The van der Waals surface area contributed by atoms with Crippen LogP contribution in [0.1, 0.15) is 52.0 Å². The molecule has 0 saturated heterocycles. The van der Waals surface area contributed by atoms with Crippen LogP contribution in [-0.4, -0.2) is 6.61 Å². The van der Waals surface area contributed by atoms with E-state index in [-0.39, 0.29) is 0 Å². The molecule has 0 spiro atoms. The first-order chi connectivity index (χ1) is 8.31. The third-order valence-corrected chi connectivity index (χ3v) is 2.67. The van der Waals surface area contributed by atoms with E-state index in [9.17, 15) is 0 Å². The fourth-order valence-electron chi connectivity index (χ4n) is 1.87. The van der Waals surface area contributed by atoms with Crippen LogP contribution in [0.5, 0.6) is 5.75 Å². The summed E-state index contributed by atoms with van der Waals surface area (Å²) in [4.78, 5) is 0. The van der Waals surface area contributed by atoms with Crippen LogP contribution >= 0.6 is 0 Å². The summed E-state index contributed by atoms with van der Waals surface area (Å²) in [7, 11) is 0. The van der Waals surface area contributed by atoms with E-state index in [1.807, 2.05) is 0 Å². The molecule has 0 radical (unpaired) electrons. The van der Waals surface area contributed by atoms with E-state index >= 15 is 0 Å². The molecule has 1 aromatic rings. The van der Waals surface area contributed by atoms with Gasteiger partial charge in [0, 0.05) is 0 Å². The van der Waals surface area contributed by atoms with Crippen LogP contribution in [0.3, 0.4) is 0 Å². The highest BCUT2D eigenvalue weighted by molar-refractivity contribution is 5.65. The first-order valence-electron chi connectivity index (χ1n) is 6.74. The number of hydrogen-bond acceptors (Lipinski definition) is 1. The van der Waals surface area contributed by atoms with Crippen LogP contribution in [0.4, 0.5) is 0 Å². The molecule has 1 aromatic carbocycles. The van der Waals surface area contributed by atoms with Crippen molar-refractivity contribution in [3.63, 3.8) is 0 Å². The molecule has 0 saturated carbocycles. The van der Waals surface area contributed by atoms with Crippen LogP contribution in [0.25, 0.3) is 5.57 Å². The summed E-state index contributed by atoms with van der Waals surface area (Å²) in [6.45, 7) is 7.33. The van der Waals surface area contributed by atoms with Crippen molar-refractivity contribution in [2.24, 2.45) is 0 Å². The van der Waals surface area contributed by atoms with Crippen LogP contribution in [-0.2, 0) is 0 Å². The Morgan fingerprint density at radius 3 is 2.29 bits per heavy atom. The number of allylic oxidation sites excluding steroid dienone is 2. The normalized spacial score (nSPS) is 11.6. The summed E-state index contributed by atoms with van der Waals surface area (Å²) in [5.41, 5.74) is 2.79. The molecular formula is C16H24O. The summed E-state index contributed by atoms with van der Waals surface area (Å²) in [6, 6.07) is 8.48. The van der Waals surface area contributed by atoms with Gasteiger partial charge in [-0.1, -0.05) is 45.4 Å². The molecular weight excluding hydrogens is 208 g/mol. The van der Waals surface area contributed by atoms with Gasteiger partial charge in [-0.2, -0.15) is 0 Å². The lowest BCUT2D eigenvalue weighted by Gasteiger charge is -2.09. The Labute approximate surface area is 106 Å². The smallest absolute Gasteiger partial charge is 0.119 e. The lowest BCUT2D eigenvalue weighted by Crippen LogP contribution is -1.94. The molecule has 1 rings (SSSR count). The van der Waals surface area contributed by atoms with E-state index in [1.54, 1.807) is 0 Å². The highest BCUT2D eigenvalue weighted by atomic mass is 16.5. The third-order valence-electron chi connectivity index (χ3n) is 2.67. The predicted molar refractivity (Wildman–Crippen MR) is 75.4 cm³/mol. The molecule has 0 fully saturated rings. The van der Waals surface area contributed by atoms with E-state index in [1.165, 1.54) is 17.6 Å². The molecule has 1 heteroatoms. The van der Waals surface area contributed by atoms with Crippen molar-refractivity contribution in [2.75, 3.05) is 6.61 Å². The molecule has 0 atom stereocenters. The SMILES string of the molecule is CCC=C(CCC)c1ccc(OCCC)cc1. The van der Waals surface area contributed by atoms with Crippen LogP contribution < -0.4 is 4.74 Å². The largest absolute Gasteiger partial charge is 0.494 e. The number of benzene rings is 1. The first kappa shape index (κ1) is 13.8. The van der Waals surface area contributed by atoms with Crippen molar-refractivity contribution in [2.45, 2.75) is 46.5 Å². The molecule has 0 bridgehead atoms. The summed E-state index contributed by atoms with van der Waals surface area (Å²) in [6.07, 6.45) is 6.83. The zero-order chi connectivity index (χ0) is 12.5. The molecule has 0 heterocycles. The average molecular weight is 232 g/mol. The minimum Gasteiger partial charge on any atom is -0.494 e. The molecule has 0 unspecified atom stereocenters. The highest BCUT2D eigenvalue weighted by Crippen LogP contribution is 2.23. The third kappa shape index (κ3) is 4.64. The van der Waals surface area contributed by atoms with Gasteiger partial charge in [-0.15, -0.1) is 0 Å². The monoisotopic (exact) mass is 232 g/mol. The molecule has 0 amide bonds. The van der Waals surface area contributed by atoms with Crippen molar-refractivity contribution in [3.8, 4) is 5.75 Å². The van der Waals surface area contributed by atoms with Gasteiger partial charge in [0.25, 0.3) is 0 Å². The van der Waals surface area contributed by atoms with Crippen molar-refractivity contribution in [1.82, 2.24) is 0 Å². The Morgan fingerprint density at radius 1 is 1.06 bits per heavy atom. The molecule has 0 aliphatic rings. The minimum atomic E-state index is 0.798. The second-order valence-corrected chi connectivity index (χ2v) is 4.26. The molecule has 0 aliphatic heterocycles. The number of hydrogen-bond donors (Lipinski definition) is 0. The van der Waals surface area contributed by atoms with E-state index in [2.05, 4.69) is 51.1 Å². The summed E-state index contributed by atoms with van der Waals surface area (Å²) < 4.78 is 5.59. The number of rotatable bonds is 7. The van der Waals surface area contributed by atoms with Crippen LogP contribution in [0.15, 0.2) is 30.3 Å². The summed E-state index contributed by atoms with van der Waals surface area (Å²) in [5.74, 6) is 0.975. The van der Waals surface area contributed by atoms with Gasteiger partial charge in [0.1, 0.15) is 5.75 Å². The predicted octanol–water partition coefficient (Wildman–Crippen LogP) is 5.07. The zero-order valence-electron chi connectivity index (χ0n) is 11.3. The standard InChI is InChI=1S/C16H24O/c1-4-7-14(8-5-2)15-9-11-16(12-10-15)17-13-6-3/h7,9-12H,4-6,8,13H2,1-3H3. The fraction of sp³-hybridized carbons (Fsp3) is 0.500. The van der Waals surface area contributed by atoms with Crippen molar-refractivity contribution < 1.29 is 4.74 Å². The maximum Gasteiger partial charge on any atom is 0.119 e. The molecule has 17 heavy (non-hydrogen) atoms. The van der Waals surface area contributed by atoms with Gasteiger partial charge in [-0.05, 0) is 42.5 Å². The molecule has 1 nitrogen and oxygen atoms in total. The fourth-order valence-corrected chi connectivity index (χ4v) is 1.87. The van der Waals surface area contributed by atoms with Crippen LogP contribution in [0.2, 0.25) is 0 Å². The van der Waals surface area contributed by atoms with Crippen molar-refractivity contribution >= 4 is 5.57 Å². The van der Waals surface area contributed by atoms with Gasteiger partial charge in [0.15, 0.2) is 0 Å². The van der Waals surface area contributed by atoms with E-state index in [4.69, 9.17) is 4.74 Å². The van der Waals surface area contributed by atoms with Crippen LogP contribution in [0, 0.1) is 0 Å². The second-order valence-electron chi connectivity index (χ2n) is 4.26. The van der Waals surface area contributed by atoms with Gasteiger partial charge < -0.3 is 4.74 Å². The molecule has 0 N–H and O–H groups in total. The van der Waals surface area contributed by atoms with Gasteiger partial charge in [0.05, 0.1) is 6.61 Å². The molecule has 0 aromatic heterocycles. The Bertz CT molecular complexity index is 335. The maximum atomic E-state index is 5.59. The maximum absolute atomic E-state index is 5.59. The Morgan fingerprint density at radius 2 is 1.76 bits per heavy atom. The molecule has 0 aliphatic carbocycles. The van der Waals surface area contributed by atoms with Gasteiger partial charge >= 0.3 is 0 Å². The lowest BCUT2D eigenvalue weighted by molar-refractivity contribution is 0.317. The van der Waals surface area contributed by atoms with Crippen molar-refractivity contribution in [1.29, 1.82) is 0 Å². The van der Waals surface area contributed by atoms with Gasteiger partial charge in [-0.3, -0.25) is 0 Å². The zero-order valence-corrected chi connectivity index (χ0v) is 11.3. The Hall–Kier alpha value is -1.24. The lowest BCUT2D eigenvalue weighted by atomic mass is 10.0. The highest BCUT2D eigenvalue weighted by Gasteiger charge is 2.00.